The van der Waals surface area contributed by atoms with Crippen LogP contribution in [0.25, 0.3) is 22.4 Å². The minimum Gasteiger partial charge on any atom is -0.494 e. The van der Waals surface area contributed by atoms with E-state index < -0.39 is 0 Å². The number of hydrogen-bond donors (Lipinski definition) is 0. The van der Waals surface area contributed by atoms with Crippen molar-refractivity contribution in [1.82, 2.24) is 9.55 Å². The van der Waals surface area contributed by atoms with Gasteiger partial charge >= 0.3 is 0 Å². The van der Waals surface area contributed by atoms with Crippen molar-refractivity contribution in [3.8, 4) is 17.1 Å². The Morgan fingerprint density at radius 3 is 2.25 bits per heavy atom. The number of imidazole rings is 1. The van der Waals surface area contributed by atoms with Gasteiger partial charge in [-0.3, -0.25) is 0 Å². The first-order valence-electron chi connectivity index (χ1n) is 10.1. The molecule has 0 saturated heterocycles. The van der Waals surface area contributed by atoms with Crippen molar-refractivity contribution in [2.24, 2.45) is 5.92 Å². The summed E-state index contributed by atoms with van der Waals surface area (Å²) in [5, 5.41) is 0. The van der Waals surface area contributed by atoms with Gasteiger partial charge in [0, 0.05) is 19.2 Å². The van der Waals surface area contributed by atoms with E-state index in [1.807, 2.05) is 0 Å². The molecule has 0 aliphatic carbocycles. The van der Waals surface area contributed by atoms with Crippen LogP contribution >= 0.6 is 0 Å². The van der Waals surface area contributed by atoms with Crippen molar-refractivity contribution in [3.05, 3.63) is 47.5 Å². The van der Waals surface area contributed by atoms with Crippen molar-refractivity contribution in [3.63, 3.8) is 0 Å². The molecule has 0 amide bonds. The zero-order valence-corrected chi connectivity index (χ0v) is 18.0. The Hall–Kier alpha value is -2.33. The number of rotatable bonds is 8. The maximum absolute atomic E-state index is 5.71. The van der Waals surface area contributed by atoms with Gasteiger partial charge in [0.05, 0.1) is 19.2 Å². The molecule has 0 saturated carbocycles. The molecule has 3 rings (SSSR count). The van der Waals surface area contributed by atoms with E-state index in [1.54, 1.807) is 14.2 Å². The Balaban J connectivity index is 2.22. The average molecular weight is 381 g/mol. The third kappa shape index (κ3) is 4.07. The fraction of sp³-hybridized carbons (Fsp3) is 0.458. The Bertz CT molecular complexity index is 924. The van der Waals surface area contributed by atoms with Crippen LogP contribution in [-0.2, 0) is 17.7 Å². The van der Waals surface area contributed by atoms with Gasteiger partial charge in [0.2, 0.25) is 0 Å². The van der Waals surface area contributed by atoms with Crippen molar-refractivity contribution < 1.29 is 9.47 Å². The average Bonchev–Trinajstić information content (AvgIpc) is 3.06. The first kappa shape index (κ1) is 20.4. The van der Waals surface area contributed by atoms with E-state index in [-0.39, 0.29) is 0 Å². The standard InChI is InChI=1S/C24H32N2O2/c1-16(2)15-20-11-12-21(28-6)23-22(20)25-24(26(23)13-14-27-5)19-9-7-18(8-10-19)17(3)4/h7-12,16-17H,13-15H2,1-6H3. The molecule has 28 heavy (non-hydrogen) atoms. The topological polar surface area (TPSA) is 36.3 Å². The largest absolute Gasteiger partial charge is 0.494 e. The summed E-state index contributed by atoms with van der Waals surface area (Å²) in [5.41, 5.74) is 5.81. The second-order valence-electron chi connectivity index (χ2n) is 8.08. The lowest BCUT2D eigenvalue weighted by molar-refractivity contribution is 0.188. The molecule has 0 unspecified atom stereocenters. The third-order valence-corrected chi connectivity index (χ3v) is 5.14. The van der Waals surface area contributed by atoms with Crippen molar-refractivity contribution in [2.75, 3.05) is 20.8 Å². The van der Waals surface area contributed by atoms with Crippen LogP contribution in [0.3, 0.4) is 0 Å². The van der Waals surface area contributed by atoms with Crippen LogP contribution in [0.1, 0.15) is 44.7 Å². The summed E-state index contributed by atoms with van der Waals surface area (Å²) in [6.45, 7) is 10.3. The zero-order valence-electron chi connectivity index (χ0n) is 18.0. The van der Waals surface area contributed by atoms with Crippen LogP contribution < -0.4 is 4.74 Å². The molecular weight excluding hydrogens is 348 g/mol. The third-order valence-electron chi connectivity index (χ3n) is 5.14. The van der Waals surface area contributed by atoms with E-state index in [1.165, 1.54) is 11.1 Å². The van der Waals surface area contributed by atoms with E-state index >= 15 is 0 Å². The summed E-state index contributed by atoms with van der Waals surface area (Å²) in [6, 6.07) is 13.0. The lowest BCUT2D eigenvalue weighted by atomic mass is 10.0. The van der Waals surface area contributed by atoms with E-state index in [2.05, 4.69) is 68.7 Å². The van der Waals surface area contributed by atoms with Crippen molar-refractivity contribution in [1.29, 1.82) is 0 Å². The summed E-state index contributed by atoms with van der Waals surface area (Å²) < 4.78 is 13.3. The SMILES string of the molecule is COCCn1c(-c2ccc(C(C)C)cc2)nc2c(CC(C)C)ccc(OC)c21. The van der Waals surface area contributed by atoms with Crippen LogP contribution in [0, 0.1) is 5.92 Å². The normalized spacial score (nSPS) is 11.7. The molecule has 0 aliphatic heterocycles. The fourth-order valence-corrected chi connectivity index (χ4v) is 3.67. The number of aromatic nitrogens is 2. The minimum atomic E-state index is 0.513. The van der Waals surface area contributed by atoms with E-state index in [0.29, 0.717) is 18.4 Å². The molecule has 2 aromatic carbocycles. The zero-order chi connectivity index (χ0) is 20.3. The van der Waals surface area contributed by atoms with Gasteiger partial charge in [0.25, 0.3) is 0 Å². The predicted octanol–water partition coefficient (Wildman–Crippen LogP) is 5.68. The smallest absolute Gasteiger partial charge is 0.144 e. The van der Waals surface area contributed by atoms with Crippen molar-refractivity contribution in [2.45, 2.75) is 46.6 Å². The second-order valence-corrected chi connectivity index (χ2v) is 8.08. The van der Waals surface area contributed by atoms with Gasteiger partial charge in [0.1, 0.15) is 17.1 Å². The van der Waals surface area contributed by atoms with Gasteiger partial charge in [-0.2, -0.15) is 0 Å². The highest BCUT2D eigenvalue weighted by Gasteiger charge is 2.19. The molecule has 0 atom stereocenters. The van der Waals surface area contributed by atoms with E-state index in [4.69, 9.17) is 14.5 Å². The molecule has 0 fully saturated rings. The van der Waals surface area contributed by atoms with Crippen LogP contribution in [0.5, 0.6) is 5.75 Å². The van der Waals surface area contributed by atoms with Gasteiger partial charge in [0.15, 0.2) is 0 Å². The molecule has 0 bridgehead atoms. The number of benzene rings is 2. The molecular formula is C24H32N2O2. The molecule has 150 valence electrons. The van der Waals surface area contributed by atoms with Crippen LogP contribution in [0.15, 0.2) is 36.4 Å². The van der Waals surface area contributed by atoms with E-state index in [9.17, 15) is 0 Å². The van der Waals surface area contributed by atoms with Crippen LogP contribution in [-0.4, -0.2) is 30.4 Å². The molecule has 0 aliphatic rings. The molecule has 0 spiro atoms. The van der Waals surface area contributed by atoms with Gasteiger partial charge in [-0.05, 0) is 35.4 Å². The molecule has 0 N–H and O–H groups in total. The maximum Gasteiger partial charge on any atom is 0.144 e. The lowest BCUT2D eigenvalue weighted by Crippen LogP contribution is -2.07. The highest BCUT2D eigenvalue weighted by Crippen LogP contribution is 2.34. The monoisotopic (exact) mass is 380 g/mol. The molecule has 1 heterocycles. The number of hydrogen-bond acceptors (Lipinski definition) is 3. The van der Waals surface area contributed by atoms with Crippen molar-refractivity contribution >= 4 is 11.0 Å². The first-order valence-corrected chi connectivity index (χ1v) is 10.1. The van der Waals surface area contributed by atoms with Crippen LogP contribution in [0.2, 0.25) is 0 Å². The first-order chi connectivity index (χ1) is 13.5. The summed E-state index contributed by atoms with van der Waals surface area (Å²) >= 11 is 0. The summed E-state index contributed by atoms with van der Waals surface area (Å²) in [4.78, 5) is 5.10. The number of ether oxygens (including phenoxy) is 2. The molecule has 0 radical (unpaired) electrons. The summed E-state index contributed by atoms with van der Waals surface area (Å²) in [7, 11) is 3.46. The highest BCUT2D eigenvalue weighted by molar-refractivity contribution is 5.89. The van der Waals surface area contributed by atoms with E-state index in [0.717, 1.165) is 41.1 Å². The molecule has 3 aromatic rings. The second kappa shape index (κ2) is 8.78. The quantitative estimate of drug-likeness (QED) is 0.504. The van der Waals surface area contributed by atoms with Gasteiger partial charge in [-0.1, -0.05) is 58.0 Å². The Morgan fingerprint density at radius 2 is 1.68 bits per heavy atom. The highest BCUT2D eigenvalue weighted by atomic mass is 16.5. The maximum atomic E-state index is 5.71. The Labute approximate surface area is 168 Å². The minimum absolute atomic E-state index is 0.513. The fourth-order valence-electron chi connectivity index (χ4n) is 3.67. The number of methoxy groups -OCH3 is 2. The van der Waals surface area contributed by atoms with Crippen LogP contribution in [0.4, 0.5) is 0 Å². The van der Waals surface area contributed by atoms with Gasteiger partial charge in [-0.25, -0.2) is 4.98 Å². The predicted molar refractivity (Wildman–Crippen MR) is 116 cm³/mol. The molecule has 1 aromatic heterocycles. The lowest BCUT2D eigenvalue weighted by Gasteiger charge is -2.13. The van der Waals surface area contributed by atoms with Gasteiger partial charge < -0.3 is 14.0 Å². The Morgan fingerprint density at radius 1 is 0.964 bits per heavy atom. The molecule has 4 heteroatoms. The summed E-state index contributed by atoms with van der Waals surface area (Å²) in [5.74, 6) is 2.90. The van der Waals surface area contributed by atoms with Gasteiger partial charge in [-0.15, -0.1) is 0 Å². The number of fused-ring (bicyclic) bond motifs is 1. The Kier molecular flexibility index (Phi) is 6.40. The summed E-state index contributed by atoms with van der Waals surface area (Å²) in [6.07, 6.45) is 0.994. The number of nitrogens with zero attached hydrogens (tertiary/aromatic N) is 2. The molecule has 4 nitrogen and oxygen atoms in total.